The molecular formula is C18H27N3O2S. The van der Waals surface area contributed by atoms with E-state index in [1.807, 2.05) is 38.1 Å². The van der Waals surface area contributed by atoms with Crippen LogP contribution in [0.2, 0.25) is 0 Å². The van der Waals surface area contributed by atoms with Crippen LogP contribution >= 0.6 is 11.8 Å². The Bertz CT molecular complexity index is 577. The van der Waals surface area contributed by atoms with E-state index in [1.54, 1.807) is 0 Å². The van der Waals surface area contributed by atoms with Crippen LogP contribution in [0.3, 0.4) is 0 Å². The zero-order chi connectivity index (χ0) is 17.5. The third-order valence-electron chi connectivity index (χ3n) is 3.90. The molecule has 0 aromatic heterocycles. The minimum Gasteiger partial charge on any atom is -0.353 e. The molecule has 3 N–H and O–H groups in total. The van der Waals surface area contributed by atoms with Crippen LogP contribution in [0, 0.1) is 0 Å². The first-order valence-corrected chi connectivity index (χ1v) is 9.49. The van der Waals surface area contributed by atoms with Crippen molar-refractivity contribution < 1.29 is 9.59 Å². The molecule has 0 bridgehead atoms. The molecule has 24 heavy (non-hydrogen) atoms. The van der Waals surface area contributed by atoms with E-state index >= 15 is 0 Å². The van der Waals surface area contributed by atoms with E-state index in [-0.39, 0.29) is 23.9 Å². The van der Waals surface area contributed by atoms with Gasteiger partial charge in [-0.1, -0.05) is 12.1 Å². The third kappa shape index (κ3) is 5.83. The van der Waals surface area contributed by atoms with Crippen molar-refractivity contribution in [3.8, 4) is 0 Å². The molecule has 2 atom stereocenters. The topological polar surface area (TPSA) is 70.2 Å². The molecule has 1 aromatic rings. The summed E-state index contributed by atoms with van der Waals surface area (Å²) < 4.78 is 0. The zero-order valence-electron chi connectivity index (χ0n) is 14.6. The van der Waals surface area contributed by atoms with Crippen molar-refractivity contribution in [3.05, 3.63) is 29.8 Å². The lowest BCUT2D eigenvalue weighted by Gasteiger charge is -2.28. The number of thioether (sulfide) groups is 1. The van der Waals surface area contributed by atoms with Crippen LogP contribution in [0.4, 0.5) is 0 Å². The fourth-order valence-electron chi connectivity index (χ4n) is 2.81. The average Bonchev–Trinajstić information content (AvgIpc) is 2.52. The molecule has 2 rings (SSSR count). The number of carbonyl (C=O) groups excluding carboxylic acids is 2. The van der Waals surface area contributed by atoms with Crippen LogP contribution in [0.15, 0.2) is 29.2 Å². The van der Waals surface area contributed by atoms with Gasteiger partial charge in [0.15, 0.2) is 0 Å². The van der Waals surface area contributed by atoms with E-state index in [0.29, 0.717) is 17.4 Å². The van der Waals surface area contributed by atoms with Gasteiger partial charge in [-0.05, 0) is 52.3 Å². The van der Waals surface area contributed by atoms with Gasteiger partial charge in [0.25, 0.3) is 5.91 Å². The molecule has 1 saturated heterocycles. The molecule has 6 heteroatoms. The third-order valence-corrected chi connectivity index (χ3v) is 4.97. The molecule has 1 heterocycles. The van der Waals surface area contributed by atoms with Gasteiger partial charge in [0.05, 0.1) is 11.3 Å². The zero-order valence-corrected chi connectivity index (χ0v) is 15.4. The van der Waals surface area contributed by atoms with Gasteiger partial charge in [-0.3, -0.25) is 9.59 Å². The Morgan fingerprint density at radius 1 is 1.33 bits per heavy atom. The molecule has 1 fully saturated rings. The predicted octanol–water partition coefficient (Wildman–Crippen LogP) is 2.17. The van der Waals surface area contributed by atoms with E-state index < -0.39 is 0 Å². The summed E-state index contributed by atoms with van der Waals surface area (Å²) >= 11 is 1.40. The standard InChI is InChI=1S/C18H27N3O2S/c1-12(2)20-17(22)11-24-16-7-5-4-6-15(16)18(23)21-14-8-9-19-13(3)10-14/h4-7,12-14,19H,8-11H2,1-3H3,(H,20,22)(H,21,23). The largest absolute Gasteiger partial charge is 0.353 e. The molecule has 0 spiro atoms. The Morgan fingerprint density at radius 3 is 2.79 bits per heavy atom. The highest BCUT2D eigenvalue weighted by Crippen LogP contribution is 2.23. The van der Waals surface area contributed by atoms with Crippen molar-refractivity contribution in [2.24, 2.45) is 0 Å². The second kappa shape index (κ2) is 9.08. The number of rotatable bonds is 6. The number of carbonyl (C=O) groups is 2. The van der Waals surface area contributed by atoms with Crippen LogP contribution in [0.5, 0.6) is 0 Å². The summed E-state index contributed by atoms with van der Waals surface area (Å²) in [5.74, 6) is 0.242. The van der Waals surface area contributed by atoms with Crippen molar-refractivity contribution in [2.75, 3.05) is 12.3 Å². The molecule has 1 aromatic carbocycles. The van der Waals surface area contributed by atoms with Gasteiger partial charge in [-0.15, -0.1) is 11.8 Å². The molecule has 1 aliphatic rings. The van der Waals surface area contributed by atoms with Crippen LogP contribution in [0.1, 0.15) is 44.0 Å². The first-order chi connectivity index (χ1) is 11.5. The van der Waals surface area contributed by atoms with Gasteiger partial charge in [0.1, 0.15) is 0 Å². The fraction of sp³-hybridized carbons (Fsp3) is 0.556. The second-order valence-corrected chi connectivity index (χ2v) is 7.57. The maximum Gasteiger partial charge on any atom is 0.252 e. The lowest BCUT2D eigenvalue weighted by Crippen LogP contribution is -2.46. The molecule has 0 saturated carbocycles. The van der Waals surface area contributed by atoms with Crippen LogP contribution < -0.4 is 16.0 Å². The van der Waals surface area contributed by atoms with Gasteiger partial charge >= 0.3 is 0 Å². The van der Waals surface area contributed by atoms with E-state index in [0.717, 1.165) is 24.3 Å². The lowest BCUT2D eigenvalue weighted by atomic mass is 10.0. The number of nitrogens with one attached hydrogen (secondary N) is 3. The SMILES string of the molecule is CC(C)NC(=O)CSc1ccccc1C(=O)NC1CCNC(C)C1. The molecular weight excluding hydrogens is 322 g/mol. The van der Waals surface area contributed by atoms with Crippen LogP contribution in [-0.4, -0.2) is 42.2 Å². The Balaban J connectivity index is 1.97. The number of hydrogen-bond acceptors (Lipinski definition) is 4. The van der Waals surface area contributed by atoms with Crippen molar-refractivity contribution in [1.29, 1.82) is 0 Å². The van der Waals surface area contributed by atoms with Crippen LogP contribution in [0.25, 0.3) is 0 Å². The molecule has 2 unspecified atom stereocenters. The first kappa shape index (κ1) is 18.8. The number of amides is 2. The van der Waals surface area contributed by atoms with Crippen molar-refractivity contribution in [2.45, 2.75) is 56.6 Å². The number of benzene rings is 1. The summed E-state index contributed by atoms with van der Waals surface area (Å²) in [5.41, 5.74) is 0.644. The van der Waals surface area contributed by atoms with Gasteiger partial charge in [0.2, 0.25) is 5.91 Å². The van der Waals surface area contributed by atoms with E-state index in [1.165, 1.54) is 11.8 Å². The average molecular weight is 350 g/mol. The predicted molar refractivity (Wildman–Crippen MR) is 98.4 cm³/mol. The molecule has 1 aliphatic heterocycles. The molecule has 0 radical (unpaired) electrons. The monoisotopic (exact) mass is 349 g/mol. The smallest absolute Gasteiger partial charge is 0.252 e. The molecule has 132 valence electrons. The van der Waals surface area contributed by atoms with Gasteiger partial charge in [-0.2, -0.15) is 0 Å². The summed E-state index contributed by atoms with van der Waals surface area (Å²) in [6.07, 6.45) is 1.89. The fourth-order valence-corrected chi connectivity index (χ4v) is 3.67. The summed E-state index contributed by atoms with van der Waals surface area (Å²) in [6.45, 7) is 6.93. The normalized spacial score (nSPS) is 20.7. The van der Waals surface area contributed by atoms with E-state index in [2.05, 4.69) is 22.9 Å². The number of hydrogen-bond donors (Lipinski definition) is 3. The highest BCUT2D eigenvalue weighted by atomic mass is 32.2. The van der Waals surface area contributed by atoms with Crippen LogP contribution in [-0.2, 0) is 4.79 Å². The highest BCUT2D eigenvalue weighted by Gasteiger charge is 2.21. The molecule has 5 nitrogen and oxygen atoms in total. The summed E-state index contributed by atoms with van der Waals surface area (Å²) in [6, 6.07) is 8.23. The Morgan fingerprint density at radius 2 is 2.08 bits per heavy atom. The molecule has 2 amide bonds. The summed E-state index contributed by atoms with van der Waals surface area (Å²) in [4.78, 5) is 25.3. The van der Waals surface area contributed by atoms with Gasteiger partial charge in [-0.25, -0.2) is 0 Å². The maximum atomic E-state index is 12.6. The maximum absolute atomic E-state index is 12.6. The summed E-state index contributed by atoms with van der Waals surface area (Å²) in [7, 11) is 0. The van der Waals surface area contributed by atoms with Crippen molar-refractivity contribution in [3.63, 3.8) is 0 Å². The second-order valence-electron chi connectivity index (χ2n) is 6.56. The van der Waals surface area contributed by atoms with Gasteiger partial charge < -0.3 is 16.0 Å². The quantitative estimate of drug-likeness (QED) is 0.689. The van der Waals surface area contributed by atoms with E-state index in [9.17, 15) is 9.59 Å². The Hall–Kier alpha value is -1.53. The van der Waals surface area contributed by atoms with E-state index in [4.69, 9.17) is 0 Å². The highest BCUT2D eigenvalue weighted by molar-refractivity contribution is 8.00. The minimum absolute atomic E-state index is 0.0163. The minimum atomic E-state index is -0.0542. The Kier molecular flexibility index (Phi) is 7.12. The van der Waals surface area contributed by atoms with Crippen molar-refractivity contribution in [1.82, 2.24) is 16.0 Å². The first-order valence-electron chi connectivity index (χ1n) is 8.51. The number of piperidine rings is 1. The molecule has 0 aliphatic carbocycles. The Labute approximate surface area is 148 Å². The van der Waals surface area contributed by atoms with Gasteiger partial charge in [0, 0.05) is 23.0 Å². The summed E-state index contributed by atoms with van der Waals surface area (Å²) in [5, 5.41) is 9.38. The lowest BCUT2D eigenvalue weighted by molar-refractivity contribution is -0.119. The van der Waals surface area contributed by atoms with Crippen molar-refractivity contribution >= 4 is 23.6 Å².